The van der Waals surface area contributed by atoms with E-state index in [2.05, 4.69) is 0 Å². The lowest BCUT2D eigenvalue weighted by molar-refractivity contribution is -0.197. The zero-order valence-electron chi connectivity index (χ0n) is 24.2. The Balaban J connectivity index is 0.00000442. The van der Waals surface area contributed by atoms with Gasteiger partial charge in [0, 0.05) is 11.6 Å². The molecule has 230 valence electrons. The molecule has 1 aliphatic rings. The molecule has 1 unspecified atom stereocenters. The molecule has 5 rings (SSSR count). The molecular formula is C35H38FN3O5. The summed E-state index contributed by atoms with van der Waals surface area (Å²) in [6, 6.07) is 22.3. The first-order chi connectivity index (χ1) is 20.8. The Kier molecular flexibility index (Phi) is 10.5. The van der Waals surface area contributed by atoms with Crippen molar-refractivity contribution < 1.29 is 23.6 Å². The highest BCUT2D eigenvalue weighted by Crippen LogP contribution is 2.29. The Morgan fingerprint density at radius 2 is 1.68 bits per heavy atom. The van der Waals surface area contributed by atoms with E-state index in [-0.39, 0.29) is 43.0 Å². The van der Waals surface area contributed by atoms with Crippen molar-refractivity contribution in [3.05, 3.63) is 129 Å². The van der Waals surface area contributed by atoms with Crippen LogP contribution in [0.1, 0.15) is 71.8 Å². The minimum atomic E-state index is -0.775. The van der Waals surface area contributed by atoms with Crippen LogP contribution in [0, 0.1) is 12.7 Å². The fourth-order valence-corrected chi connectivity index (χ4v) is 5.44. The van der Waals surface area contributed by atoms with Gasteiger partial charge in [-0.1, -0.05) is 49.9 Å². The van der Waals surface area contributed by atoms with Gasteiger partial charge in [-0.3, -0.25) is 14.2 Å². The second kappa shape index (κ2) is 14.2. The largest absolute Gasteiger partial charge is 0.461 e. The molecule has 0 radical (unpaired) electrons. The highest BCUT2D eigenvalue weighted by Gasteiger charge is 2.32. The van der Waals surface area contributed by atoms with E-state index in [0.717, 1.165) is 36.8 Å². The number of carbonyl (C=O) groups excluding carboxylic acids is 2. The van der Waals surface area contributed by atoms with Crippen molar-refractivity contribution in [1.82, 2.24) is 9.63 Å². The molecule has 0 spiro atoms. The number of benzene rings is 3. The lowest BCUT2D eigenvalue weighted by Crippen LogP contribution is -2.35. The first-order valence-corrected chi connectivity index (χ1v) is 14.2. The Bertz CT molecular complexity index is 1660. The van der Waals surface area contributed by atoms with Crippen molar-refractivity contribution in [2.45, 2.75) is 58.7 Å². The van der Waals surface area contributed by atoms with Gasteiger partial charge in [-0.05, 0) is 85.7 Å². The third-order valence-corrected chi connectivity index (χ3v) is 7.77. The van der Waals surface area contributed by atoms with Gasteiger partial charge in [0.15, 0.2) is 11.8 Å². The number of hydrogen-bond acceptors (Lipinski definition) is 7. The third kappa shape index (κ3) is 6.96. The number of hydroxylamine groups is 2. The van der Waals surface area contributed by atoms with Crippen molar-refractivity contribution in [1.29, 1.82) is 0 Å². The van der Waals surface area contributed by atoms with Crippen LogP contribution >= 0.6 is 0 Å². The van der Waals surface area contributed by atoms with Gasteiger partial charge >= 0.3 is 5.97 Å². The molecular weight excluding hydrogens is 561 g/mol. The van der Waals surface area contributed by atoms with E-state index >= 15 is 0 Å². The number of aromatic nitrogens is 1. The standard InChI is InChI=1S/C34H34FN3O5.CH4/c1-22-20-25(14-18-29(22)35)32(40)28-17-19-30(39)38(33(28)36)26-15-12-23(13-16-26)21-37(42-2)31(24-8-4-3-5-9-24)34(41)43-27-10-6-7-11-27;/h3-5,8-9,12-20,27,31H,6-7,10-11,21,36H2,1-2H3;1H4. The van der Waals surface area contributed by atoms with Crippen LogP contribution in [0.3, 0.4) is 0 Å². The minimum absolute atomic E-state index is 0. The second-order valence-electron chi connectivity index (χ2n) is 10.7. The summed E-state index contributed by atoms with van der Waals surface area (Å²) in [4.78, 5) is 45.2. The number of aryl methyl sites for hydroxylation is 1. The molecule has 0 saturated heterocycles. The van der Waals surface area contributed by atoms with Gasteiger partial charge in [-0.2, -0.15) is 5.06 Å². The summed E-state index contributed by atoms with van der Waals surface area (Å²) in [6.07, 6.45) is 3.73. The third-order valence-electron chi connectivity index (χ3n) is 7.77. The SMILES string of the molecule is C.CON(Cc1ccc(-n2c(N)c(C(=O)c3ccc(F)c(C)c3)ccc2=O)cc1)C(C(=O)OC1CCCC1)c1ccccc1. The number of hydrogen-bond donors (Lipinski definition) is 1. The van der Waals surface area contributed by atoms with Gasteiger partial charge < -0.3 is 15.3 Å². The molecule has 1 aliphatic carbocycles. The Labute approximate surface area is 256 Å². The van der Waals surface area contributed by atoms with Crippen LogP contribution in [0.5, 0.6) is 0 Å². The van der Waals surface area contributed by atoms with Crippen molar-refractivity contribution in [2.75, 3.05) is 12.8 Å². The van der Waals surface area contributed by atoms with Gasteiger partial charge in [0.1, 0.15) is 17.7 Å². The van der Waals surface area contributed by atoms with Gasteiger partial charge in [-0.15, -0.1) is 0 Å². The molecule has 44 heavy (non-hydrogen) atoms. The minimum Gasteiger partial charge on any atom is -0.461 e. The number of esters is 1. The number of anilines is 1. The normalized spacial score (nSPS) is 13.8. The molecule has 1 saturated carbocycles. The summed E-state index contributed by atoms with van der Waals surface area (Å²) < 4.78 is 20.9. The van der Waals surface area contributed by atoms with Crippen molar-refractivity contribution in [2.24, 2.45) is 0 Å². The maximum absolute atomic E-state index is 13.8. The smallest absolute Gasteiger partial charge is 0.330 e. The first kappa shape index (κ1) is 32.3. The number of rotatable bonds is 10. The summed E-state index contributed by atoms with van der Waals surface area (Å²) in [5.74, 6) is -1.22. The fourth-order valence-electron chi connectivity index (χ4n) is 5.44. The number of ether oxygens (including phenoxy) is 1. The van der Waals surface area contributed by atoms with Crippen LogP contribution in [0.4, 0.5) is 10.2 Å². The summed E-state index contributed by atoms with van der Waals surface area (Å²) >= 11 is 0. The lowest BCUT2D eigenvalue weighted by Gasteiger charge is -2.29. The van der Waals surface area contributed by atoms with Crippen LogP contribution in [0.25, 0.3) is 5.69 Å². The van der Waals surface area contributed by atoms with E-state index in [4.69, 9.17) is 15.3 Å². The monoisotopic (exact) mass is 599 g/mol. The molecule has 1 aromatic heterocycles. The zero-order valence-corrected chi connectivity index (χ0v) is 24.2. The first-order valence-electron chi connectivity index (χ1n) is 14.2. The van der Waals surface area contributed by atoms with Crippen LogP contribution in [0.15, 0.2) is 89.7 Å². The molecule has 9 heteroatoms. The Morgan fingerprint density at radius 1 is 1.00 bits per heavy atom. The number of nitrogens with zero attached hydrogens (tertiary/aromatic N) is 2. The van der Waals surface area contributed by atoms with Crippen LogP contribution in [0.2, 0.25) is 0 Å². The molecule has 3 aromatic carbocycles. The molecule has 0 amide bonds. The highest BCUT2D eigenvalue weighted by molar-refractivity contribution is 6.11. The van der Waals surface area contributed by atoms with E-state index < -0.39 is 23.2 Å². The molecule has 0 bridgehead atoms. The summed E-state index contributed by atoms with van der Waals surface area (Å²) in [7, 11) is 1.51. The van der Waals surface area contributed by atoms with Crippen molar-refractivity contribution in [3.8, 4) is 5.69 Å². The molecule has 1 atom stereocenters. The molecule has 0 aliphatic heterocycles. The molecule has 8 nitrogen and oxygen atoms in total. The van der Waals surface area contributed by atoms with E-state index in [9.17, 15) is 18.8 Å². The maximum atomic E-state index is 13.8. The number of ketones is 1. The van der Waals surface area contributed by atoms with E-state index in [0.29, 0.717) is 11.3 Å². The molecule has 4 aromatic rings. The number of nitrogens with two attached hydrogens (primary N) is 1. The Hall–Kier alpha value is -4.60. The molecule has 1 heterocycles. The predicted octanol–water partition coefficient (Wildman–Crippen LogP) is 6.32. The number of carbonyl (C=O) groups is 2. The van der Waals surface area contributed by atoms with Crippen LogP contribution in [-0.4, -0.2) is 34.6 Å². The molecule has 1 fully saturated rings. The quantitative estimate of drug-likeness (QED) is 0.129. The van der Waals surface area contributed by atoms with Crippen LogP contribution in [-0.2, 0) is 20.9 Å². The van der Waals surface area contributed by atoms with Gasteiger partial charge in [0.25, 0.3) is 5.56 Å². The molecule has 2 N–H and O–H groups in total. The summed E-state index contributed by atoms with van der Waals surface area (Å²) in [5, 5.41) is 1.58. The number of halogens is 1. The topological polar surface area (TPSA) is 104 Å². The Morgan fingerprint density at radius 3 is 2.32 bits per heavy atom. The maximum Gasteiger partial charge on any atom is 0.330 e. The van der Waals surface area contributed by atoms with Gasteiger partial charge in [0.2, 0.25) is 0 Å². The van der Waals surface area contributed by atoms with E-state index in [1.165, 1.54) is 42.0 Å². The van der Waals surface area contributed by atoms with Crippen LogP contribution < -0.4 is 11.3 Å². The average Bonchev–Trinajstić information content (AvgIpc) is 3.52. The summed E-state index contributed by atoms with van der Waals surface area (Å²) in [6.45, 7) is 1.83. The fraction of sp³-hybridized carbons (Fsp3) is 0.286. The van der Waals surface area contributed by atoms with Gasteiger partial charge in [0.05, 0.1) is 24.9 Å². The number of nitrogen functional groups attached to an aromatic ring is 1. The lowest BCUT2D eigenvalue weighted by atomic mass is 10.0. The predicted molar refractivity (Wildman–Crippen MR) is 168 cm³/mol. The zero-order chi connectivity index (χ0) is 30.5. The van der Waals surface area contributed by atoms with Gasteiger partial charge in [-0.25, -0.2) is 9.18 Å². The van der Waals surface area contributed by atoms with E-state index in [1.54, 1.807) is 36.3 Å². The van der Waals surface area contributed by atoms with E-state index in [1.807, 2.05) is 30.3 Å². The second-order valence-corrected chi connectivity index (χ2v) is 10.7. The summed E-state index contributed by atoms with van der Waals surface area (Å²) in [5.41, 5.74) is 8.70. The van der Waals surface area contributed by atoms with Crippen molar-refractivity contribution in [3.63, 3.8) is 0 Å². The average molecular weight is 600 g/mol. The van der Waals surface area contributed by atoms with Crippen molar-refractivity contribution >= 4 is 17.6 Å². The highest BCUT2D eigenvalue weighted by atomic mass is 19.1. The number of pyridine rings is 1.